The molecule has 0 fully saturated rings. The van der Waals surface area contributed by atoms with Crippen molar-refractivity contribution in [3.63, 3.8) is 0 Å². The molecule has 0 aliphatic heterocycles. The standard InChI is InChI=1S/C14H14N2/c1-2-5-10-8-11(9-15)14(16)13-7-4-3-6-12(10)13/h3-4,6-8H,2,5,16H2,1H3. The maximum absolute atomic E-state index is 9.04. The van der Waals surface area contributed by atoms with Crippen molar-refractivity contribution >= 4 is 16.5 Å². The molecular weight excluding hydrogens is 196 g/mol. The highest BCUT2D eigenvalue weighted by Gasteiger charge is 2.08. The lowest BCUT2D eigenvalue weighted by molar-refractivity contribution is 0.929. The van der Waals surface area contributed by atoms with E-state index >= 15 is 0 Å². The Hall–Kier alpha value is -2.01. The van der Waals surface area contributed by atoms with Crippen LogP contribution in [-0.4, -0.2) is 0 Å². The molecule has 80 valence electrons. The van der Waals surface area contributed by atoms with Crippen LogP contribution in [0.4, 0.5) is 5.69 Å². The van der Waals surface area contributed by atoms with Crippen molar-refractivity contribution < 1.29 is 0 Å². The third-order valence-corrected chi connectivity index (χ3v) is 2.81. The van der Waals surface area contributed by atoms with Gasteiger partial charge in [0.2, 0.25) is 0 Å². The Bertz CT molecular complexity index is 565. The molecule has 2 nitrogen and oxygen atoms in total. The minimum absolute atomic E-state index is 0.585. The van der Waals surface area contributed by atoms with Gasteiger partial charge in [-0.2, -0.15) is 5.26 Å². The van der Waals surface area contributed by atoms with Gasteiger partial charge in [0.1, 0.15) is 6.07 Å². The van der Waals surface area contributed by atoms with Crippen LogP contribution in [0.5, 0.6) is 0 Å². The Balaban J connectivity index is 2.80. The highest BCUT2D eigenvalue weighted by Crippen LogP contribution is 2.28. The van der Waals surface area contributed by atoms with Crippen LogP contribution in [0.25, 0.3) is 10.8 Å². The number of hydrogen-bond donors (Lipinski definition) is 1. The van der Waals surface area contributed by atoms with Gasteiger partial charge in [-0.1, -0.05) is 37.6 Å². The van der Waals surface area contributed by atoms with E-state index in [2.05, 4.69) is 19.1 Å². The van der Waals surface area contributed by atoms with Gasteiger partial charge in [0.15, 0.2) is 0 Å². The van der Waals surface area contributed by atoms with Crippen LogP contribution in [0, 0.1) is 11.3 Å². The first kappa shape index (κ1) is 10.5. The van der Waals surface area contributed by atoms with Crippen molar-refractivity contribution in [1.82, 2.24) is 0 Å². The Morgan fingerprint density at radius 1 is 1.25 bits per heavy atom. The number of aryl methyl sites for hydroxylation is 1. The summed E-state index contributed by atoms with van der Waals surface area (Å²) in [5.41, 5.74) is 8.36. The lowest BCUT2D eigenvalue weighted by Crippen LogP contribution is -1.96. The molecule has 0 saturated heterocycles. The maximum atomic E-state index is 9.04. The summed E-state index contributed by atoms with van der Waals surface area (Å²) in [6.45, 7) is 2.14. The zero-order valence-electron chi connectivity index (χ0n) is 9.33. The Morgan fingerprint density at radius 2 is 1.94 bits per heavy atom. The first-order valence-electron chi connectivity index (χ1n) is 5.48. The van der Waals surface area contributed by atoms with E-state index < -0.39 is 0 Å². The summed E-state index contributed by atoms with van der Waals surface area (Å²) in [4.78, 5) is 0. The number of nitrogens with zero attached hydrogens (tertiary/aromatic N) is 1. The summed E-state index contributed by atoms with van der Waals surface area (Å²) >= 11 is 0. The molecule has 0 bridgehead atoms. The molecule has 0 amide bonds. The first-order chi connectivity index (χ1) is 7.77. The summed E-state index contributed by atoms with van der Waals surface area (Å²) in [5.74, 6) is 0. The fraction of sp³-hybridized carbons (Fsp3) is 0.214. The van der Waals surface area contributed by atoms with Gasteiger partial charge in [-0.25, -0.2) is 0 Å². The average molecular weight is 210 g/mol. The van der Waals surface area contributed by atoms with Crippen LogP contribution in [0.1, 0.15) is 24.5 Å². The molecule has 0 atom stereocenters. The Kier molecular flexibility index (Phi) is 2.78. The number of nitriles is 1. The molecule has 2 rings (SSSR count). The molecule has 2 heteroatoms. The summed E-state index contributed by atoms with van der Waals surface area (Å²) < 4.78 is 0. The number of anilines is 1. The largest absolute Gasteiger partial charge is 0.397 e. The molecule has 0 aliphatic carbocycles. The van der Waals surface area contributed by atoms with Gasteiger partial charge in [-0.05, 0) is 23.4 Å². The molecule has 0 radical (unpaired) electrons. The van der Waals surface area contributed by atoms with Crippen molar-refractivity contribution in [2.45, 2.75) is 19.8 Å². The van der Waals surface area contributed by atoms with Crippen molar-refractivity contribution in [2.24, 2.45) is 0 Å². The SMILES string of the molecule is CCCc1cc(C#N)c(N)c2ccccc12. The van der Waals surface area contributed by atoms with Gasteiger partial charge in [0.05, 0.1) is 11.3 Å². The second-order valence-electron chi connectivity index (χ2n) is 3.90. The van der Waals surface area contributed by atoms with Gasteiger partial charge in [0, 0.05) is 5.39 Å². The highest BCUT2D eigenvalue weighted by atomic mass is 14.6. The van der Waals surface area contributed by atoms with E-state index in [-0.39, 0.29) is 0 Å². The lowest BCUT2D eigenvalue weighted by Gasteiger charge is -2.09. The number of benzene rings is 2. The predicted octanol–water partition coefficient (Wildman–Crippen LogP) is 3.25. The van der Waals surface area contributed by atoms with E-state index in [1.165, 1.54) is 10.9 Å². The average Bonchev–Trinajstić information content (AvgIpc) is 2.33. The fourth-order valence-electron chi connectivity index (χ4n) is 2.04. The molecule has 0 spiro atoms. The molecule has 0 aliphatic rings. The molecule has 0 saturated carbocycles. The van der Waals surface area contributed by atoms with Gasteiger partial charge < -0.3 is 5.73 Å². The Morgan fingerprint density at radius 3 is 2.56 bits per heavy atom. The second kappa shape index (κ2) is 4.24. The van der Waals surface area contributed by atoms with Gasteiger partial charge in [-0.15, -0.1) is 0 Å². The second-order valence-corrected chi connectivity index (χ2v) is 3.90. The highest BCUT2D eigenvalue weighted by molar-refractivity contribution is 5.97. The molecule has 16 heavy (non-hydrogen) atoms. The third kappa shape index (κ3) is 1.61. The molecule has 2 aromatic carbocycles. The quantitative estimate of drug-likeness (QED) is 0.773. The number of nitrogens with two attached hydrogens (primary N) is 1. The number of hydrogen-bond acceptors (Lipinski definition) is 2. The van der Waals surface area contributed by atoms with Gasteiger partial charge in [0.25, 0.3) is 0 Å². The van der Waals surface area contributed by atoms with Crippen molar-refractivity contribution in [2.75, 3.05) is 5.73 Å². The molecule has 0 heterocycles. The van der Waals surface area contributed by atoms with Crippen LogP contribution in [0.2, 0.25) is 0 Å². The Labute approximate surface area is 95.3 Å². The first-order valence-corrected chi connectivity index (χ1v) is 5.48. The monoisotopic (exact) mass is 210 g/mol. The van der Waals surface area contributed by atoms with E-state index in [9.17, 15) is 0 Å². The molecule has 2 aromatic rings. The van der Waals surface area contributed by atoms with Crippen LogP contribution in [-0.2, 0) is 6.42 Å². The number of rotatable bonds is 2. The predicted molar refractivity (Wildman–Crippen MR) is 67.1 cm³/mol. The van der Waals surface area contributed by atoms with Crippen LogP contribution < -0.4 is 5.73 Å². The van der Waals surface area contributed by atoms with E-state index in [4.69, 9.17) is 11.0 Å². The van der Waals surface area contributed by atoms with Crippen LogP contribution >= 0.6 is 0 Å². The van der Waals surface area contributed by atoms with Gasteiger partial charge in [-0.3, -0.25) is 0 Å². The normalized spacial score (nSPS) is 10.2. The number of nitrogen functional groups attached to an aromatic ring is 1. The number of fused-ring (bicyclic) bond motifs is 1. The fourth-order valence-corrected chi connectivity index (χ4v) is 2.04. The third-order valence-electron chi connectivity index (χ3n) is 2.81. The smallest absolute Gasteiger partial charge is 0.101 e. The van der Waals surface area contributed by atoms with Gasteiger partial charge >= 0.3 is 0 Å². The van der Waals surface area contributed by atoms with E-state index in [0.29, 0.717) is 11.3 Å². The molecular formula is C14H14N2. The van der Waals surface area contributed by atoms with E-state index in [1.807, 2.05) is 24.3 Å². The maximum Gasteiger partial charge on any atom is 0.101 e. The van der Waals surface area contributed by atoms with E-state index in [1.54, 1.807) is 0 Å². The molecule has 0 aromatic heterocycles. The summed E-state index contributed by atoms with van der Waals surface area (Å²) in [6.07, 6.45) is 2.05. The summed E-state index contributed by atoms with van der Waals surface area (Å²) in [6, 6.07) is 12.1. The van der Waals surface area contributed by atoms with Crippen molar-refractivity contribution in [3.05, 3.63) is 41.5 Å². The topological polar surface area (TPSA) is 49.8 Å². The molecule has 2 N–H and O–H groups in total. The zero-order valence-corrected chi connectivity index (χ0v) is 9.33. The van der Waals surface area contributed by atoms with Crippen LogP contribution in [0.3, 0.4) is 0 Å². The molecule has 0 unspecified atom stereocenters. The minimum atomic E-state index is 0.585. The summed E-state index contributed by atoms with van der Waals surface area (Å²) in [5, 5.41) is 11.2. The van der Waals surface area contributed by atoms with Crippen molar-refractivity contribution in [1.29, 1.82) is 5.26 Å². The minimum Gasteiger partial charge on any atom is -0.397 e. The zero-order chi connectivity index (χ0) is 11.5. The van der Waals surface area contributed by atoms with E-state index in [0.717, 1.165) is 18.2 Å². The van der Waals surface area contributed by atoms with Crippen LogP contribution in [0.15, 0.2) is 30.3 Å². The lowest BCUT2D eigenvalue weighted by atomic mass is 9.96. The summed E-state index contributed by atoms with van der Waals surface area (Å²) in [7, 11) is 0. The van der Waals surface area contributed by atoms with Crippen molar-refractivity contribution in [3.8, 4) is 6.07 Å².